The molecule has 0 saturated carbocycles. The van der Waals surface area contributed by atoms with E-state index in [2.05, 4.69) is 46.4 Å². The molecule has 1 N–H and O–H groups in total. The Hall–Kier alpha value is -1.92. The van der Waals surface area contributed by atoms with Crippen molar-refractivity contribution in [2.45, 2.75) is 39.3 Å². The van der Waals surface area contributed by atoms with E-state index >= 15 is 0 Å². The maximum Gasteiger partial charge on any atom is 0.317 e. The van der Waals surface area contributed by atoms with Gasteiger partial charge in [-0.15, -0.1) is 11.3 Å². The van der Waals surface area contributed by atoms with Crippen LogP contribution in [0.2, 0.25) is 0 Å². The van der Waals surface area contributed by atoms with Gasteiger partial charge in [-0.2, -0.15) is 0 Å². The van der Waals surface area contributed by atoms with E-state index in [1.165, 1.54) is 10.4 Å². The van der Waals surface area contributed by atoms with Crippen molar-refractivity contribution in [3.63, 3.8) is 0 Å². The molecule has 1 aliphatic heterocycles. The average Bonchev–Trinajstić information content (AvgIpc) is 3.22. The summed E-state index contributed by atoms with van der Waals surface area (Å²) in [4.78, 5) is 22.5. The van der Waals surface area contributed by atoms with Crippen molar-refractivity contribution in [1.29, 1.82) is 0 Å². The van der Waals surface area contributed by atoms with Crippen LogP contribution < -0.4 is 5.32 Å². The molecule has 1 atom stereocenters. The molecule has 0 spiro atoms. The molecule has 26 heavy (non-hydrogen) atoms. The van der Waals surface area contributed by atoms with Crippen LogP contribution >= 0.6 is 11.3 Å². The SMILES string of the molecule is Cc1nc(CCNC(=O)N(C)[C@@H]2CCN(Cc3ccccc3)C2)sc1C. The molecule has 2 aromatic rings. The number of benzene rings is 1. The van der Waals surface area contributed by atoms with Gasteiger partial charge in [0.05, 0.1) is 10.7 Å². The minimum absolute atomic E-state index is 0.0153. The number of likely N-dealkylation sites (N-methyl/N-ethyl adjacent to an activating group) is 1. The molecule has 0 aliphatic carbocycles. The highest BCUT2D eigenvalue weighted by Gasteiger charge is 2.28. The van der Waals surface area contributed by atoms with E-state index in [0.717, 1.165) is 43.2 Å². The summed E-state index contributed by atoms with van der Waals surface area (Å²) < 4.78 is 0. The summed E-state index contributed by atoms with van der Waals surface area (Å²) in [5.41, 5.74) is 2.42. The zero-order valence-corrected chi connectivity index (χ0v) is 16.7. The van der Waals surface area contributed by atoms with Crippen LogP contribution in [0.25, 0.3) is 0 Å². The first-order valence-electron chi connectivity index (χ1n) is 9.23. The predicted molar refractivity (Wildman–Crippen MR) is 107 cm³/mol. The average molecular weight is 373 g/mol. The fraction of sp³-hybridized carbons (Fsp3) is 0.500. The number of amides is 2. The largest absolute Gasteiger partial charge is 0.338 e. The standard InChI is InChI=1S/C20H28N4OS/c1-15-16(2)26-19(22-15)9-11-21-20(25)23(3)18-10-12-24(14-18)13-17-7-5-4-6-8-17/h4-8,18H,9-14H2,1-3H3,(H,21,25)/t18-/m1/s1. The van der Waals surface area contributed by atoms with Crippen molar-refractivity contribution in [2.75, 3.05) is 26.7 Å². The lowest BCUT2D eigenvalue weighted by Gasteiger charge is -2.25. The highest BCUT2D eigenvalue weighted by atomic mass is 32.1. The Morgan fingerprint density at radius 3 is 2.81 bits per heavy atom. The van der Waals surface area contributed by atoms with E-state index in [1.54, 1.807) is 11.3 Å². The second-order valence-electron chi connectivity index (χ2n) is 7.01. The van der Waals surface area contributed by atoms with Crippen LogP contribution in [-0.4, -0.2) is 53.5 Å². The molecular formula is C20H28N4OS. The van der Waals surface area contributed by atoms with E-state index in [9.17, 15) is 4.79 Å². The summed E-state index contributed by atoms with van der Waals surface area (Å²) in [6.07, 6.45) is 1.82. The molecule has 2 amide bonds. The molecule has 140 valence electrons. The third kappa shape index (κ3) is 4.83. The molecule has 0 unspecified atom stereocenters. The van der Waals surface area contributed by atoms with Gasteiger partial charge in [0.2, 0.25) is 0 Å². The number of nitrogens with one attached hydrogen (secondary N) is 1. The molecule has 3 rings (SSSR count). The predicted octanol–water partition coefficient (Wildman–Crippen LogP) is 3.22. The molecule has 1 aliphatic rings. The second-order valence-corrected chi connectivity index (χ2v) is 8.29. The van der Waals surface area contributed by atoms with Crippen LogP contribution in [0.15, 0.2) is 30.3 Å². The number of carbonyl (C=O) groups is 1. The number of thiazole rings is 1. The molecule has 1 aromatic heterocycles. The highest BCUT2D eigenvalue weighted by molar-refractivity contribution is 7.11. The summed E-state index contributed by atoms with van der Waals surface area (Å²) in [6, 6.07) is 10.8. The number of nitrogens with zero attached hydrogens (tertiary/aromatic N) is 3. The van der Waals surface area contributed by atoms with Gasteiger partial charge in [-0.1, -0.05) is 30.3 Å². The zero-order valence-electron chi connectivity index (χ0n) is 15.9. The summed E-state index contributed by atoms with van der Waals surface area (Å²) in [6.45, 7) is 7.68. The normalized spacial score (nSPS) is 17.4. The second kappa shape index (κ2) is 8.64. The minimum atomic E-state index is 0.0153. The van der Waals surface area contributed by atoms with Gasteiger partial charge in [0.15, 0.2) is 0 Å². The van der Waals surface area contributed by atoms with Gasteiger partial charge in [0.1, 0.15) is 0 Å². The third-order valence-corrected chi connectivity index (χ3v) is 6.19. The van der Waals surface area contributed by atoms with Gasteiger partial charge in [-0.25, -0.2) is 9.78 Å². The number of carbonyl (C=O) groups excluding carboxylic acids is 1. The van der Waals surface area contributed by atoms with E-state index in [0.29, 0.717) is 6.54 Å². The quantitative estimate of drug-likeness (QED) is 0.847. The molecule has 2 heterocycles. The lowest BCUT2D eigenvalue weighted by molar-refractivity contribution is 0.188. The number of likely N-dealkylation sites (tertiary alicyclic amines) is 1. The van der Waals surface area contributed by atoms with E-state index in [-0.39, 0.29) is 12.1 Å². The number of urea groups is 1. The Balaban J connectivity index is 1.42. The topological polar surface area (TPSA) is 48.5 Å². The van der Waals surface area contributed by atoms with Gasteiger partial charge >= 0.3 is 6.03 Å². The summed E-state index contributed by atoms with van der Waals surface area (Å²) in [5.74, 6) is 0. The Labute approximate surface area is 160 Å². The molecule has 1 aromatic carbocycles. The maximum atomic E-state index is 12.4. The smallest absolute Gasteiger partial charge is 0.317 e. The van der Waals surface area contributed by atoms with Crippen LogP contribution in [0, 0.1) is 13.8 Å². The third-order valence-electron chi connectivity index (χ3n) is 5.05. The lowest BCUT2D eigenvalue weighted by atomic mass is 10.2. The van der Waals surface area contributed by atoms with Gasteiger partial charge in [0, 0.05) is 50.6 Å². The number of aryl methyl sites for hydroxylation is 2. The Kier molecular flexibility index (Phi) is 6.27. The Bertz CT molecular complexity index is 711. The zero-order chi connectivity index (χ0) is 18.5. The summed E-state index contributed by atoms with van der Waals surface area (Å²) >= 11 is 1.72. The van der Waals surface area contributed by atoms with Crippen molar-refractivity contribution >= 4 is 17.4 Å². The van der Waals surface area contributed by atoms with Gasteiger partial charge in [0.25, 0.3) is 0 Å². The number of hydrogen-bond donors (Lipinski definition) is 1. The summed E-state index contributed by atoms with van der Waals surface area (Å²) in [5, 5.41) is 4.13. The number of hydrogen-bond acceptors (Lipinski definition) is 4. The van der Waals surface area contributed by atoms with Crippen molar-refractivity contribution in [1.82, 2.24) is 20.1 Å². The van der Waals surface area contributed by atoms with E-state index in [4.69, 9.17) is 0 Å². The Morgan fingerprint density at radius 2 is 2.12 bits per heavy atom. The maximum absolute atomic E-state index is 12.4. The fourth-order valence-corrected chi connectivity index (χ4v) is 4.26. The van der Waals surface area contributed by atoms with Crippen molar-refractivity contribution in [3.05, 3.63) is 51.5 Å². The van der Waals surface area contributed by atoms with Crippen LogP contribution in [0.5, 0.6) is 0 Å². The number of aromatic nitrogens is 1. The van der Waals surface area contributed by atoms with E-state index in [1.807, 2.05) is 24.9 Å². The highest BCUT2D eigenvalue weighted by Crippen LogP contribution is 2.18. The molecule has 5 nitrogen and oxygen atoms in total. The van der Waals surface area contributed by atoms with Crippen LogP contribution in [-0.2, 0) is 13.0 Å². The molecule has 0 bridgehead atoms. The van der Waals surface area contributed by atoms with Crippen molar-refractivity contribution in [3.8, 4) is 0 Å². The first-order chi connectivity index (χ1) is 12.5. The molecular weight excluding hydrogens is 344 g/mol. The van der Waals surface area contributed by atoms with Crippen molar-refractivity contribution < 1.29 is 4.79 Å². The Morgan fingerprint density at radius 1 is 1.35 bits per heavy atom. The summed E-state index contributed by atoms with van der Waals surface area (Å²) in [7, 11) is 1.91. The first-order valence-corrected chi connectivity index (χ1v) is 10.0. The van der Waals surface area contributed by atoms with Crippen LogP contribution in [0.3, 0.4) is 0 Å². The first kappa shape index (κ1) is 18.9. The molecule has 1 saturated heterocycles. The fourth-order valence-electron chi connectivity index (χ4n) is 3.33. The van der Waals surface area contributed by atoms with Gasteiger partial charge in [-0.3, -0.25) is 4.90 Å². The van der Waals surface area contributed by atoms with Crippen LogP contribution in [0.4, 0.5) is 4.79 Å². The minimum Gasteiger partial charge on any atom is -0.338 e. The molecule has 6 heteroatoms. The van der Waals surface area contributed by atoms with Gasteiger partial charge in [-0.05, 0) is 25.8 Å². The lowest BCUT2D eigenvalue weighted by Crippen LogP contribution is -2.45. The van der Waals surface area contributed by atoms with Crippen LogP contribution in [0.1, 0.15) is 27.6 Å². The molecule has 1 fully saturated rings. The van der Waals surface area contributed by atoms with Gasteiger partial charge < -0.3 is 10.2 Å². The van der Waals surface area contributed by atoms with E-state index < -0.39 is 0 Å². The molecule has 0 radical (unpaired) electrons. The number of rotatable bonds is 6. The monoisotopic (exact) mass is 372 g/mol. The van der Waals surface area contributed by atoms with Crippen molar-refractivity contribution in [2.24, 2.45) is 0 Å².